The van der Waals surface area contributed by atoms with E-state index in [0.717, 1.165) is 12.2 Å². The highest BCUT2D eigenvalue weighted by Crippen LogP contribution is 2.05. The van der Waals surface area contributed by atoms with Crippen LogP contribution in [0.2, 0.25) is 0 Å². The lowest BCUT2D eigenvalue weighted by Crippen LogP contribution is -2.34. The zero-order valence-corrected chi connectivity index (χ0v) is 8.73. The molecule has 0 aromatic heterocycles. The number of carbonyl (C=O) groups is 1. The summed E-state index contributed by atoms with van der Waals surface area (Å²) in [5, 5.41) is 8.51. The second kappa shape index (κ2) is 6.31. The Labute approximate surface area is 78.1 Å². The maximum atomic E-state index is 10.3. The Morgan fingerprint density at radius 3 is 2.67 bits per heavy atom. The lowest BCUT2D eigenvalue weighted by molar-refractivity contribution is -0.138. The number of aliphatic carboxylic acids is 1. The van der Waals surface area contributed by atoms with Crippen LogP contribution in [-0.4, -0.2) is 47.6 Å². The molecule has 0 aliphatic rings. The van der Waals surface area contributed by atoms with Gasteiger partial charge in [-0.3, -0.25) is 9.69 Å². The fraction of sp³-hybridized carbons (Fsp3) is 0.875. The van der Waals surface area contributed by atoms with Crippen molar-refractivity contribution in [3.05, 3.63) is 0 Å². The lowest BCUT2D eigenvalue weighted by atomic mass is 10.2. The third kappa shape index (κ3) is 5.43. The van der Waals surface area contributed by atoms with Crippen LogP contribution in [0, 0.1) is 0 Å². The van der Waals surface area contributed by atoms with Gasteiger partial charge < -0.3 is 5.11 Å². The number of rotatable bonds is 6. The van der Waals surface area contributed by atoms with E-state index in [0.29, 0.717) is 6.04 Å². The third-order valence-electron chi connectivity index (χ3n) is 1.88. The molecule has 0 spiro atoms. The number of hydrogen-bond acceptors (Lipinski definition) is 3. The smallest absolute Gasteiger partial charge is 0.317 e. The molecule has 0 aliphatic heterocycles. The lowest BCUT2D eigenvalue weighted by Gasteiger charge is -2.22. The first-order chi connectivity index (χ1) is 5.57. The molecule has 1 unspecified atom stereocenters. The van der Waals surface area contributed by atoms with Gasteiger partial charge in [0.05, 0.1) is 6.54 Å². The van der Waals surface area contributed by atoms with Crippen molar-refractivity contribution in [2.45, 2.75) is 19.4 Å². The van der Waals surface area contributed by atoms with E-state index in [4.69, 9.17) is 5.11 Å². The van der Waals surface area contributed by atoms with Crippen LogP contribution >= 0.6 is 11.8 Å². The van der Waals surface area contributed by atoms with E-state index in [9.17, 15) is 4.79 Å². The summed E-state index contributed by atoms with van der Waals surface area (Å²) in [4.78, 5) is 12.2. The molecule has 12 heavy (non-hydrogen) atoms. The Kier molecular flexibility index (Phi) is 6.20. The Morgan fingerprint density at radius 2 is 2.25 bits per heavy atom. The van der Waals surface area contributed by atoms with Crippen molar-refractivity contribution in [1.29, 1.82) is 0 Å². The minimum Gasteiger partial charge on any atom is -0.480 e. The van der Waals surface area contributed by atoms with E-state index in [-0.39, 0.29) is 6.54 Å². The Bertz CT molecular complexity index is 141. The molecule has 0 aromatic rings. The minimum absolute atomic E-state index is 0.134. The predicted molar refractivity (Wildman–Crippen MR) is 52.7 cm³/mol. The zero-order valence-electron chi connectivity index (χ0n) is 7.91. The number of likely N-dealkylation sites (N-methyl/N-ethyl adjacent to an activating group) is 1. The summed E-state index contributed by atoms with van der Waals surface area (Å²) < 4.78 is 0. The van der Waals surface area contributed by atoms with Crippen molar-refractivity contribution in [3.8, 4) is 0 Å². The first-order valence-electron chi connectivity index (χ1n) is 3.99. The summed E-state index contributed by atoms with van der Waals surface area (Å²) in [6.07, 6.45) is 3.11. The highest BCUT2D eigenvalue weighted by Gasteiger charge is 2.10. The van der Waals surface area contributed by atoms with Crippen LogP contribution in [-0.2, 0) is 4.79 Å². The van der Waals surface area contributed by atoms with E-state index < -0.39 is 5.97 Å². The number of carboxylic acid groups (broad SMARTS) is 1. The molecule has 0 bridgehead atoms. The minimum atomic E-state index is -0.756. The summed E-state index contributed by atoms with van der Waals surface area (Å²) in [6, 6.07) is 0.355. The SMILES string of the molecule is CSCCC(C)N(C)CC(=O)O. The molecule has 1 N–H and O–H groups in total. The van der Waals surface area contributed by atoms with Crippen molar-refractivity contribution >= 4 is 17.7 Å². The van der Waals surface area contributed by atoms with Crippen LogP contribution in [0.25, 0.3) is 0 Å². The first kappa shape index (κ1) is 11.8. The van der Waals surface area contributed by atoms with Gasteiger partial charge in [-0.25, -0.2) is 0 Å². The molecular formula is C8H17NO2S. The molecule has 0 saturated carbocycles. The van der Waals surface area contributed by atoms with Gasteiger partial charge in [-0.1, -0.05) is 0 Å². The Balaban J connectivity index is 3.60. The van der Waals surface area contributed by atoms with Crippen LogP contribution in [0.3, 0.4) is 0 Å². The molecule has 0 heterocycles. The zero-order chi connectivity index (χ0) is 9.56. The Hall–Kier alpha value is -0.220. The van der Waals surface area contributed by atoms with E-state index >= 15 is 0 Å². The molecule has 0 saturated heterocycles. The molecular weight excluding hydrogens is 174 g/mol. The normalized spacial score (nSPS) is 13.3. The summed E-state index contributed by atoms with van der Waals surface area (Å²) >= 11 is 1.79. The van der Waals surface area contributed by atoms with Gasteiger partial charge in [0.2, 0.25) is 0 Å². The van der Waals surface area contributed by atoms with Gasteiger partial charge in [0.1, 0.15) is 0 Å². The second-order valence-electron chi connectivity index (χ2n) is 2.94. The fourth-order valence-corrected chi connectivity index (χ4v) is 1.45. The van der Waals surface area contributed by atoms with E-state index in [1.807, 2.05) is 11.9 Å². The quantitative estimate of drug-likeness (QED) is 0.683. The largest absolute Gasteiger partial charge is 0.480 e. The highest BCUT2D eigenvalue weighted by molar-refractivity contribution is 7.98. The fourth-order valence-electron chi connectivity index (χ4n) is 0.878. The van der Waals surface area contributed by atoms with E-state index in [2.05, 4.69) is 13.2 Å². The van der Waals surface area contributed by atoms with Crippen molar-refractivity contribution in [1.82, 2.24) is 4.90 Å². The maximum absolute atomic E-state index is 10.3. The van der Waals surface area contributed by atoms with Gasteiger partial charge in [0.15, 0.2) is 0 Å². The molecule has 0 fully saturated rings. The van der Waals surface area contributed by atoms with Crippen molar-refractivity contribution in [3.63, 3.8) is 0 Å². The average Bonchev–Trinajstić information content (AvgIpc) is 1.98. The number of hydrogen-bond donors (Lipinski definition) is 1. The van der Waals surface area contributed by atoms with Crippen LogP contribution in [0.1, 0.15) is 13.3 Å². The van der Waals surface area contributed by atoms with Crippen LogP contribution in [0.5, 0.6) is 0 Å². The molecule has 0 amide bonds. The van der Waals surface area contributed by atoms with Crippen molar-refractivity contribution in [2.24, 2.45) is 0 Å². The topological polar surface area (TPSA) is 40.5 Å². The summed E-state index contributed by atoms with van der Waals surface area (Å²) in [6.45, 7) is 2.19. The summed E-state index contributed by atoms with van der Waals surface area (Å²) in [7, 11) is 1.85. The standard InChI is InChI=1S/C8H17NO2S/c1-7(4-5-12-3)9(2)6-8(10)11/h7H,4-6H2,1-3H3,(H,10,11). The van der Waals surface area contributed by atoms with Crippen LogP contribution in [0.4, 0.5) is 0 Å². The monoisotopic (exact) mass is 191 g/mol. The van der Waals surface area contributed by atoms with Gasteiger partial charge >= 0.3 is 5.97 Å². The van der Waals surface area contributed by atoms with E-state index in [1.165, 1.54) is 0 Å². The Morgan fingerprint density at radius 1 is 1.67 bits per heavy atom. The van der Waals surface area contributed by atoms with Crippen LogP contribution < -0.4 is 0 Å². The van der Waals surface area contributed by atoms with Gasteiger partial charge in [0, 0.05) is 6.04 Å². The van der Waals surface area contributed by atoms with Crippen molar-refractivity contribution < 1.29 is 9.90 Å². The second-order valence-corrected chi connectivity index (χ2v) is 3.92. The molecule has 0 rings (SSSR count). The molecule has 0 aliphatic carbocycles. The van der Waals surface area contributed by atoms with Crippen molar-refractivity contribution in [2.75, 3.05) is 25.6 Å². The molecule has 4 heteroatoms. The summed E-state index contributed by atoms with van der Waals surface area (Å²) in [5.74, 6) is 0.332. The molecule has 3 nitrogen and oxygen atoms in total. The van der Waals surface area contributed by atoms with Gasteiger partial charge in [-0.05, 0) is 32.4 Å². The van der Waals surface area contributed by atoms with Gasteiger partial charge in [0.25, 0.3) is 0 Å². The number of carboxylic acids is 1. The molecule has 72 valence electrons. The number of thioether (sulfide) groups is 1. The first-order valence-corrected chi connectivity index (χ1v) is 5.38. The average molecular weight is 191 g/mol. The highest BCUT2D eigenvalue weighted by atomic mass is 32.2. The van der Waals surface area contributed by atoms with Gasteiger partial charge in [-0.15, -0.1) is 0 Å². The molecule has 0 radical (unpaired) electrons. The summed E-state index contributed by atoms with van der Waals surface area (Å²) in [5.41, 5.74) is 0. The third-order valence-corrected chi connectivity index (χ3v) is 2.52. The van der Waals surface area contributed by atoms with E-state index in [1.54, 1.807) is 11.8 Å². The molecule has 0 aromatic carbocycles. The number of nitrogens with zero attached hydrogens (tertiary/aromatic N) is 1. The molecule has 1 atom stereocenters. The van der Waals surface area contributed by atoms with Crippen LogP contribution in [0.15, 0.2) is 0 Å². The predicted octanol–water partition coefficient (Wildman–Crippen LogP) is 1.14. The van der Waals surface area contributed by atoms with Gasteiger partial charge in [-0.2, -0.15) is 11.8 Å². The maximum Gasteiger partial charge on any atom is 0.317 e.